The van der Waals surface area contributed by atoms with Crippen molar-refractivity contribution in [3.05, 3.63) is 52.0 Å². The largest absolute Gasteiger partial charge is 0.495 e. The first-order valence-corrected chi connectivity index (χ1v) is 12.3. The maximum atomic E-state index is 13.4. The molecule has 0 radical (unpaired) electrons. The lowest BCUT2D eigenvalue weighted by atomic mass is 9.99. The number of methoxy groups -OCH3 is 1. The van der Waals surface area contributed by atoms with Gasteiger partial charge in [0.25, 0.3) is 0 Å². The molecule has 1 aliphatic rings. The molecule has 1 fully saturated rings. The number of carbonyl (C=O) groups excluding carboxylic acids is 1. The Morgan fingerprint density at radius 1 is 1.16 bits per heavy atom. The summed E-state index contributed by atoms with van der Waals surface area (Å²) >= 11 is 11.9. The van der Waals surface area contributed by atoms with Gasteiger partial charge in [0.2, 0.25) is 15.9 Å². The van der Waals surface area contributed by atoms with Gasteiger partial charge in [-0.05, 0) is 54.7 Å². The van der Waals surface area contributed by atoms with Crippen LogP contribution >= 0.6 is 23.2 Å². The van der Waals surface area contributed by atoms with Gasteiger partial charge in [-0.15, -0.1) is 0 Å². The van der Waals surface area contributed by atoms with Crippen LogP contribution in [0, 0.1) is 5.92 Å². The van der Waals surface area contributed by atoms with Gasteiger partial charge < -0.3 is 10.1 Å². The molecule has 0 aliphatic carbocycles. The van der Waals surface area contributed by atoms with Crippen LogP contribution in [0.4, 0.5) is 5.69 Å². The summed E-state index contributed by atoms with van der Waals surface area (Å²) < 4.78 is 33.6. The fourth-order valence-electron chi connectivity index (χ4n) is 3.59. The minimum absolute atomic E-state index is 0.102. The molecule has 2 aromatic carbocycles. The van der Waals surface area contributed by atoms with E-state index in [4.69, 9.17) is 27.9 Å². The first kappa shape index (κ1) is 23.9. The van der Waals surface area contributed by atoms with Crippen LogP contribution < -0.4 is 10.1 Å². The van der Waals surface area contributed by atoms with Crippen LogP contribution in [0.25, 0.3) is 0 Å². The van der Waals surface area contributed by atoms with Crippen LogP contribution in [-0.2, 0) is 14.8 Å². The maximum absolute atomic E-state index is 13.4. The van der Waals surface area contributed by atoms with E-state index >= 15 is 0 Å². The predicted octanol–water partition coefficient (Wildman–Crippen LogP) is 5.16. The molecule has 0 saturated carbocycles. The average Bonchev–Trinajstić information content (AvgIpc) is 2.75. The zero-order chi connectivity index (χ0) is 22.8. The number of anilines is 1. The zero-order valence-corrected chi connectivity index (χ0v) is 20.0. The lowest BCUT2D eigenvalue weighted by molar-refractivity contribution is -0.120. The van der Waals surface area contributed by atoms with E-state index in [1.54, 1.807) is 30.3 Å². The summed E-state index contributed by atoms with van der Waals surface area (Å²) in [5, 5.41) is 3.54. The van der Waals surface area contributed by atoms with E-state index in [0.29, 0.717) is 40.9 Å². The summed E-state index contributed by atoms with van der Waals surface area (Å²) in [6.45, 7) is 4.46. The normalized spacial score (nSPS) is 17.5. The van der Waals surface area contributed by atoms with E-state index in [9.17, 15) is 13.2 Å². The van der Waals surface area contributed by atoms with E-state index in [0.717, 1.165) is 5.56 Å². The highest BCUT2D eigenvalue weighted by Gasteiger charge is 2.35. The molecule has 1 atom stereocenters. The van der Waals surface area contributed by atoms with Gasteiger partial charge in [-0.2, -0.15) is 4.31 Å². The van der Waals surface area contributed by atoms with Crippen molar-refractivity contribution < 1.29 is 17.9 Å². The number of amides is 1. The highest BCUT2D eigenvalue weighted by Crippen LogP contribution is 2.33. The first-order valence-electron chi connectivity index (χ1n) is 10.1. The molecule has 3 rings (SSSR count). The third-order valence-electron chi connectivity index (χ3n) is 5.41. The molecule has 0 bridgehead atoms. The van der Waals surface area contributed by atoms with Crippen molar-refractivity contribution in [2.45, 2.75) is 37.5 Å². The number of ether oxygens (including phenoxy) is 1. The molecule has 1 saturated heterocycles. The molecular weight excluding hydrogens is 459 g/mol. The van der Waals surface area contributed by atoms with Crippen molar-refractivity contribution in [1.29, 1.82) is 0 Å². The molecular formula is C22H26Cl2N2O4S. The standard InChI is InChI=1S/C22H26Cl2N2O4S/c1-14(2)15-6-9-20(30-3)21(11-15)31(28,29)26-10-4-5-16(13-26)22(27)25-17-7-8-18(23)19(24)12-17/h6-9,11-12,14,16H,4-5,10,13H2,1-3H3,(H,25,27)/t16-/m0/s1. The predicted molar refractivity (Wildman–Crippen MR) is 124 cm³/mol. The van der Waals surface area contributed by atoms with Crippen LogP contribution in [0.15, 0.2) is 41.3 Å². The molecule has 9 heteroatoms. The Balaban J connectivity index is 1.81. The topological polar surface area (TPSA) is 75.7 Å². The third-order valence-corrected chi connectivity index (χ3v) is 8.04. The Morgan fingerprint density at radius 3 is 2.55 bits per heavy atom. The molecule has 168 valence electrons. The highest BCUT2D eigenvalue weighted by molar-refractivity contribution is 7.89. The third kappa shape index (κ3) is 5.34. The summed E-state index contributed by atoms with van der Waals surface area (Å²) in [5.41, 5.74) is 1.43. The van der Waals surface area contributed by atoms with E-state index < -0.39 is 15.9 Å². The second-order valence-corrected chi connectivity index (χ2v) is 10.6. The number of hydrogen-bond acceptors (Lipinski definition) is 4. The van der Waals surface area contributed by atoms with E-state index in [-0.39, 0.29) is 23.3 Å². The van der Waals surface area contributed by atoms with Crippen LogP contribution in [0.1, 0.15) is 38.2 Å². The number of hydrogen-bond donors (Lipinski definition) is 1. The molecule has 31 heavy (non-hydrogen) atoms. The molecule has 0 unspecified atom stereocenters. The second-order valence-electron chi connectivity index (χ2n) is 7.89. The van der Waals surface area contributed by atoms with Crippen molar-refractivity contribution in [1.82, 2.24) is 4.31 Å². The van der Waals surface area contributed by atoms with Crippen LogP contribution in [0.5, 0.6) is 5.75 Å². The van der Waals surface area contributed by atoms with Crippen molar-refractivity contribution in [2.75, 3.05) is 25.5 Å². The SMILES string of the molecule is COc1ccc(C(C)C)cc1S(=O)(=O)N1CCC[C@H](C(=O)Nc2ccc(Cl)c(Cl)c2)C1. The number of piperidine rings is 1. The number of benzene rings is 2. The molecule has 2 aromatic rings. The van der Waals surface area contributed by atoms with Crippen molar-refractivity contribution in [3.8, 4) is 5.75 Å². The van der Waals surface area contributed by atoms with Crippen LogP contribution in [0.3, 0.4) is 0 Å². The van der Waals surface area contributed by atoms with Gasteiger partial charge in [-0.25, -0.2) is 8.42 Å². The Morgan fingerprint density at radius 2 is 1.90 bits per heavy atom. The summed E-state index contributed by atoms with van der Waals surface area (Å²) in [4.78, 5) is 12.9. The number of nitrogens with one attached hydrogen (secondary N) is 1. The molecule has 1 aliphatic heterocycles. The number of halogens is 2. The summed E-state index contributed by atoms with van der Waals surface area (Å²) in [5.74, 6) is -0.254. The fraction of sp³-hybridized carbons (Fsp3) is 0.409. The lowest BCUT2D eigenvalue weighted by Gasteiger charge is -2.31. The Labute approximate surface area is 193 Å². The molecule has 1 N–H and O–H groups in total. The number of nitrogens with zero attached hydrogens (tertiary/aromatic N) is 1. The Hall–Kier alpha value is -1.80. The molecule has 6 nitrogen and oxygen atoms in total. The van der Waals surface area contributed by atoms with E-state index in [1.165, 1.54) is 11.4 Å². The van der Waals surface area contributed by atoms with Gasteiger partial charge in [-0.3, -0.25) is 4.79 Å². The average molecular weight is 485 g/mol. The maximum Gasteiger partial charge on any atom is 0.246 e. The van der Waals surface area contributed by atoms with Gasteiger partial charge in [0.15, 0.2) is 0 Å². The minimum atomic E-state index is -3.82. The van der Waals surface area contributed by atoms with Gasteiger partial charge in [0, 0.05) is 18.8 Å². The van der Waals surface area contributed by atoms with Gasteiger partial charge in [0.05, 0.1) is 23.1 Å². The highest BCUT2D eigenvalue weighted by atomic mass is 35.5. The van der Waals surface area contributed by atoms with E-state index in [2.05, 4.69) is 5.32 Å². The summed E-state index contributed by atoms with van der Waals surface area (Å²) in [7, 11) is -2.37. The summed E-state index contributed by atoms with van der Waals surface area (Å²) in [6, 6.07) is 10.0. The van der Waals surface area contributed by atoms with Gasteiger partial charge >= 0.3 is 0 Å². The minimum Gasteiger partial charge on any atom is -0.495 e. The van der Waals surface area contributed by atoms with Gasteiger partial charge in [0.1, 0.15) is 10.6 Å². The molecule has 1 amide bonds. The summed E-state index contributed by atoms with van der Waals surface area (Å²) in [6.07, 6.45) is 1.19. The van der Waals surface area contributed by atoms with Crippen LogP contribution in [-0.4, -0.2) is 38.8 Å². The quantitative estimate of drug-likeness (QED) is 0.613. The molecule has 1 heterocycles. The monoisotopic (exact) mass is 484 g/mol. The fourth-order valence-corrected chi connectivity index (χ4v) is 5.60. The van der Waals surface area contributed by atoms with Crippen molar-refractivity contribution in [3.63, 3.8) is 0 Å². The number of sulfonamides is 1. The number of rotatable bonds is 6. The lowest BCUT2D eigenvalue weighted by Crippen LogP contribution is -2.43. The van der Waals surface area contributed by atoms with Gasteiger partial charge in [-0.1, -0.05) is 43.1 Å². The van der Waals surface area contributed by atoms with E-state index in [1.807, 2.05) is 19.9 Å². The van der Waals surface area contributed by atoms with Crippen molar-refractivity contribution >= 4 is 44.8 Å². The zero-order valence-electron chi connectivity index (χ0n) is 17.7. The second kappa shape index (κ2) is 9.77. The van der Waals surface area contributed by atoms with Crippen molar-refractivity contribution in [2.24, 2.45) is 5.92 Å². The smallest absolute Gasteiger partial charge is 0.246 e. The molecule has 0 spiro atoms. The molecule has 0 aromatic heterocycles. The van der Waals surface area contributed by atoms with Crippen LogP contribution in [0.2, 0.25) is 10.0 Å². The first-order chi connectivity index (χ1) is 14.6. The Bertz CT molecular complexity index is 1070. The Kier molecular flexibility index (Phi) is 7.52. The number of carbonyl (C=O) groups is 1.